The van der Waals surface area contributed by atoms with Crippen molar-refractivity contribution in [3.8, 4) is 5.75 Å². The molecule has 0 bridgehead atoms. The quantitative estimate of drug-likeness (QED) is 0.226. The highest BCUT2D eigenvalue weighted by atomic mass is 19.4. The molecule has 1 saturated carbocycles. The molecule has 0 aromatic heterocycles. The minimum atomic E-state index is -5.02. The van der Waals surface area contributed by atoms with E-state index in [1.165, 1.54) is 56.7 Å². The molecule has 0 aliphatic heterocycles. The van der Waals surface area contributed by atoms with Crippen LogP contribution >= 0.6 is 0 Å². The van der Waals surface area contributed by atoms with Crippen LogP contribution in [0.4, 0.5) is 26.3 Å². The predicted molar refractivity (Wildman–Crippen MR) is 122 cm³/mol. The first kappa shape index (κ1) is 27.4. The molecule has 1 fully saturated rings. The first-order valence-corrected chi connectivity index (χ1v) is 12.2. The van der Waals surface area contributed by atoms with Crippen LogP contribution < -0.4 is 4.74 Å². The molecule has 35 heavy (non-hydrogen) atoms. The van der Waals surface area contributed by atoms with Crippen molar-refractivity contribution in [1.29, 1.82) is 0 Å². The molecule has 0 spiro atoms. The van der Waals surface area contributed by atoms with Crippen LogP contribution in [0.3, 0.4) is 0 Å². The summed E-state index contributed by atoms with van der Waals surface area (Å²) in [6, 6.07) is 9.05. The van der Waals surface area contributed by atoms with E-state index in [0.29, 0.717) is 5.92 Å². The van der Waals surface area contributed by atoms with Gasteiger partial charge in [0.2, 0.25) is 0 Å². The summed E-state index contributed by atoms with van der Waals surface area (Å²) in [5.74, 6) is -1.04. The van der Waals surface area contributed by atoms with Gasteiger partial charge in [0.25, 0.3) is 0 Å². The number of rotatable bonds is 11. The lowest BCUT2D eigenvalue weighted by molar-refractivity contribution is -0.275. The highest BCUT2D eigenvalue weighted by Gasteiger charge is 2.34. The Morgan fingerprint density at radius 3 is 2.17 bits per heavy atom. The van der Waals surface area contributed by atoms with Crippen molar-refractivity contribution < 1.29 is 35.8 Å². The summed E-state index contributed by atoms with van der Waals surface area (Å²) in [5, 5.41) is 0. The second kappa shape index (κ2) is 12.2. The molecular formula is C27H32F6O2. The Morgan fingerprint density at radius 1 is 0.886 bits per heavy atom. The third kappa shape index (κ3) is 8.44. The molecule has 1 aliphatic rings. The van der Waals surface area contributed by atoms with Crippen LogP contribution in [0.25, 0.3) is 0 Å². The van der Waals surface area contributed by atoms with Crippen LogP contribution in [0.2, 0.25) is 0 Å². The fourth-order valence-corrected chi connectivity index (χ4v) is 4.70. The number of hydrogen-bond donors (Lipinski definition) is 0. The Bertz CT molecular complexity index is 918. The van der Waals surface area contributed by atoms with Gasteiger partial charge in [-0.15, -0.1) is 13.2 Å². The van der Waals surface area contributed by atoms with Gasteiger partial charge < -0.3 is 9.47 Å². The molecule has 0 saturated heterocycles. The summed E-state index contributed by atoms with van der Waals surface area (Å²) in [5.41, 5.74) is 1.01. The van der Waals surface area contributed by atoms with E-state index in [1.54, 1.807) is 12.1 Å². The van der Waals surface area contributed by atoms with Crippen LogP contribution in [0.15, 0.2) is 42.5 Å². The van der Waals surface area contributed by atoms with Gasteiger partial charge in [-0.05, 0) is 67.2 Å². The molecule has 0 heterocycles. The molecule has 194 valence electrons. The van der Waals surface area contributed by atoms with E-state index < -0.39 is 30.6 Å². The number of benzene rings is 2. The number of unbranched alkanes of at least 4 members (excludes halogenated alkanes) is 2. The van der Waals surface area contributed by atoms with Crippen molar-refractivity contribution in [3.63, 3.8) is 0 Å². The van der Waals surface area contributed by atoms with E-state index in [-0.39, 0.29) is 17.5 Å². The number of ether oxygens (including phenoxy) is 2. The summed E-state index contributed by atoms with van der Waals surface area (Å²) >= 11 is 0. The van der Waals surface area contributed by atoms with Crippen LogP contribution in [0.5, 0.6) is 5.75 Å². The normalized spacial score (nSPS) is 19.1. The predicted octanol–water partition coefficient (Wildman–Crippen LogP) is 8.89. The zero-order chi connectivity index (χ0) is 25.5. The average molecular weight is 503 g/mol. The van der Waals surface area contributed by atoms with Gasteiger partial charge in [-0.25, -0.2) is 4.39 Å². The monoisotopic (exact) mass is 502 g/mol. The summed E-state index contributed by atoms with van der Waals surface area (Å²) in [4.78, 5) is 0. The SMILES string of the molecule is CCCCCC1CCC(c2ccc(C(F)(F)OCCc3ccc(OC(F)(F)F)c(F)c3)cc2)CC1. The molecule has 8 heteroatoms. The van der Waals surface area contributed by atoms with E-state index in [0.717, 1.165) is 36.5 Å². The Labute approximate surface area is 202 Å². The molecule has 2 aromatic rings. The van der Waals surface area contributed by atoms with Crippen molar-refractivity contribution >= 4 is 0 Å². The zero-order valence-electron chi connectivity index (χ0n) is 19.9. The number of halogens is 6. The van der Waals surface area contributed by atoms with Crippen LogP contribution in [-0.2, 0) is 17.3 Å². The Morgan fingerprint density at radius 2 is 1.57 bits per heavy atom. The van der Waals surface area contributed by atoms with Gasteiger partial charge in [-0.2, -0.15) is 8.78 Å². The maximum Gasteiger partial charge on any atom is 0.573 e. The van der Waals surface area contributed by atoms with E-state index in [9.17, 15) is 26.3 Å². The molecule has 2 nitrogen and oxygen atoms in total. The van der Waals surface area contributed by atoms with E-state index >= 15 is 0 Å². The highest BCUT2D eigenvalue weighted by molar-refractivity contribution is 5.30. The maximum absolute atomic E-state index is 14.5. The van der Waals surface area contributed by atoms with Crippen molar-refractivity contribution in [2.75, 3.05) is 6.61 Å². The second-order valence-corrected chi connectivity index (χ2v) is 9.26. The van der Waals surface area contributed by atoms with Gasteiger partial charge in [0.15, 0.2) is 11.6 Å². The molecule has 0 unspecified atom stereocenters. The summed E-state index contributed by atoms with van der Waals surface area (Å²) < 4.78 is 87.8. The van der Waals surface area contributed by atoms with Gasteiger partial charge in [-0.1, -0.05) is 62.9 Å². The third-order valence-corrected chi connectivity index (χ3v) is 6.68. The fraction of sp³-hybridized carbons (Fsp3) is 0.556. The Kier molecular flexibility index (Phi) is 9.50. The van der Waals surface area contributed by atoms with E-state index in [4.69, 9.17) is 4.74 Å². The van der Waals surface area contributed by atoms with Crippen molar-refractivity contribution in [2.24, 2.45) is 5.92 Å². The van der Waals surface area contributed by atoms with Crippen LogP contribution in [0.1, 0.15) is 80.9 Å². The molecule has 1 aliphatic carbocycles. The largest absolute Gasteiger partial charge is 0.573 e. The van der Waals surface area contributed by atoms with Crippen molar-refractivity contribution in [1.82, 2.24) is 0 Å². The van der Waals surface area contributed by atoms with Gasteiger partial charge in [0.05, 0.1) is 12.2 Å². The fourth-order valence-electron chi connectivity index (χ4n) is 4.70. The Balaban J connectivity index is 1.48. The smallest absolute Gasteiger partial charge is 0.403 e. The summed E-state index contributed by atoms with van der Waals surface area (Å²) in [6.45, 7) is 1.77. The van der Waals surface area contributed by atoms with Crippen molar-refractivity contribution in [3.05, 3.63) is 65.0 Å². The first-order chi connectivity index (χ1) is 16.6. The van der Waals surface area contributed by atoms with Crippen LogP contribution in [-0.4, -0.2) is 13.0 Å². The Hall–Kier alpha value is -2.22. The van der Waals surface area contributed by atoms with Crippen molar-refractivity contribution in [2.45, 2.75) is 83.1 Å². The minimum absolute atomic E-state index is 0.0988. The lowest BCUT2D eigenvalue weighted by Gasteiger charge is -2.29. The lowest BCUT2D eigenvalue weighted by Crippen LogP contribution is -2.20. The van der Waals surface area contributed by atoms with Crippen LogP contribution in [0, 0.1) is 11.7 Å². The molecule has 2 aromatic carbocycles. The van der Waals surface area contributed by atoms with Gasteiger partial charge in [-0.3, -0.25) is 0 Å². The zero-order valence-corrected chi connectivity index (χ0v) is 19.9. The molecule has 0 radical (unpaired) electrons. The number of hydrogen-bond acceptors (Lipinski definition) is 2. The van der Waals surface area contributed by atoms with E-state index in [1.807, 2.05) is 0 Å². The topological polar surface area (TPSA) is 18.5 Å². The van der Waals surface area contributed by atoms with Gasteiger partial charge in [0.1, 0.15) is 0 Å². The molecule has 3 rings (SSSR count). The third-order valence-electron chi connectivity index (χ3n) is 6.68. The van der Waals surface area contributed by atoms with Gasteiger partial charge in [0, 0.05) is 0 Å². The maximum atomic E-state index is 14.5. The molecule has 0 atom stereocenters. The highest BCUT2D eigenvalue weighted by Crippen LogP contribution is 2.39. The minimum Gasteiger partial charge on any atom is -0.403 e. The average Bonchev–Trinajstić information content (AvgIpc) is 2.81. The number of alkyl halides is 5. The van der Waals surface area contributed by atoms with Gasteiger partial charge >= 0.3 is 12.5 Å². The molecule has 0 amide bonds. The summed E-state index contributed by atoms with van der Waals surface area (Å²) in [6.07, 6.45) is 0.920. The lowest BCUT2D eigenvalue weighted by atomic mass is 9.77. The second-order valence-electron chi connectivity index (χ2n) is 9.26. The van der Waals surface area contributed by atoms with E-state index in [2.05, 4.69) is 11.7 Å². The first-order valence-electron chi connectivity index (χ1n) is 12.2. The molecule has 0 N–H and O–H groups in total. The summed E-state index contributed by atoms with van der Waals surface area (Å²) in [7, 11) is 0. The molecular weight excluding hydrogens is 470 g/mol. The standard InChI is InChI=1S/C27H32F6O2/c1-2-3-4-5-19-6-9-21(10-7-19)22-11-13-23(14-12-22)26(29,30)34-17-16-20-8-15-25(24(28)18-20)35-27(31,32)33/h8,11-15,18-19,21H,2-7,9-10,16-17H2,1H3.